The van der Waals surface area contributed by atoms with Crippen molar-refractivity contribution >= 4 is 50.5 Å². The fourth-order valence-electron chi connectivity index (χ4n) is 4.49. The van der Waals surface area contributed by atoms with Crippen LogP contribution in [0.2, 0.25) is 0 Å². The highest BCUT2D eigenvalue weighted by molar-refractivity contribution is 7.85. The van der Waals surface area contributed by atoms with Crippen LogP contribution in [0.5, 0.6) is 0 Å². The summed E-state index contributed by atoms with van der Waals surface area (Å²) in [5, 5.41) is 4.94. The topological polar surface area (TPSA) is 34.4 Å². The van der Waals surface area contributed by atoms with Gasteiger partial charge in [0.15, 0.2) is 7.14 Å². The highest BCUT2D eigenvalue weighted by Crippen LogP contribution is 2.43. The minimum Gasteiger partial charge on any atom is -0.307 e. The molecule has 3 nitrogen and oxygen atoms in total. The number of benzene rings is 4. The van der Waals surface area contributed by atoms with E-state index in [1.54, 1.807) is 6.20 Å². The molecular formula is C27H19N2OP. The molecule has 2 aromatic heterocycles. The summed E-state index contributed by atoms with van der Waals surface area (Å²) in [5.74, 6) is 0. The predicted molar refractivity (Wildman–Crippen MR) is 130 cm³/mol. The fourth-order valence-corrected chi connectivity index (χ4v) is 7.21. The van der Waals surface area contributed by atoms with Crippen LogP contribution >= 0.6 is 7.14 Å². The van der Waals surface area contributed by atoms with E-state index in [0.29, 0.717) is 0 Å². The van der Waals surface area contributed by atoms with Crippen molar-refractivity contribution in [1.29, 1.82) is 0 Å². The summed E-state index contributed by atoms with van der Waals surface area (Å²) in [6, 6.07) is 36.1. The maximum atomic E-state index is 15.0. The average Bonchev–Trinajstić information content (AvgIpc) is 3.31. The molecule has 0 aliphatic heterocycles. The summed E-state index contributed by atoms with van der Waals surface area (Å²) < 4.78 is 17.1. The molecule has 0 atom stereocenters. The van der Waals surface area contributed by atoms with Gasteiger partial charge in [0.05, 0.1) is 11.7 Å². The smallest absolute Gasteiger partial charge is 0.188 e. The van der Waals surface area contributed by atoms with Crippen molar-refractivity contribution in [3.8, 4) is 0 Å². The van der Waals surface area contributed by atoms with Crippen molar-refractivity contribution in [2.45, 2.75) is 0 Å². The summed E-state index contributed by atoms with van der Waals surface area (Å²) in [4.78, 5) is 4.80. The van der Waals surface area contributed by atoms with Gasteiger partial charge >= 0.3 is 0 Å². The first-order chi connectivity index (χ1) is 15.3. The van der Waals surface area contributed by atoms with Crippen molar-refractivity contribution in [3.05, 3.63) is 115 Å². The Bertz CT molecular complexity index is 1560. The van der Waals surface area contributed by atoms with Crippen LogP contribution in [-0.4, -0.2) is 9.38 Å². The largest absolute Gasteiger partial charge is 0.307 e. The fraction of sp³-hybridized carbons (Fsp3) is 0. The molecule has 0 bridgehead atoms. The number of rotatable bonds is 3. The molecule has 0 unspecified atom stereocenters. The van der Waals surface area contributed by atoms with Gasteiger partial charge < -0.3 is 4.57 Å². The molecular weight excluding hydrogens is 399 g/mol. The van der Waals surface area contributed by atoms with E-state index < -0.39 is 7.14 Å². The Morgan fingerprint density at radius 3 is 1.74 bits per heavy atom. The molecule has 0 spiro atoms. The maximum absolute atomic E-state index is 15.0. The molecule has 0 N–H and O–H groups in total. The molecule has 0 aliphatic carbocycles. The molecule has 0 saturated carbocycles. The minimum atomic E-state index is -3.16. The summed E-state index contributed by atoms with van der Waals surface area (Å²) in [6.07, 6.45) is 1.80. The predicted octanol–water partition coefficient (Wildman–Crippen LogP) is 5.28. The number of para-hydroxylation sites is 1. The third-order valence-corrected chi connectivity index (χ3v) is 8.92. The number of pyridine rings is 1. The lowest BCUT2D eigenvalue weighted by atomic mass is 10.1. The summed E-state index contributed by atoms with van der Waals surface area (Å²) in [6.45, 7) is 0. The highest BCUT2D eigenvalue weighted by atomic mass is 31.2. The van der Waals surface area contributed by atoms with E-state index >= 15 is 4.57 Å². The van der Waals surface area contributed by atoms with Crippen LogP contribution in [0.3, 0.4) is 0 Å². The number of hydrogen-bond acceptors (Lipinski definition) is 2. The Kier molecular flexibility index (Phi) is 4.05. The maximum Gasteiger partial charge on any atom is 0.188 e. The van der Waals surface area contributed by atoms with Gasteiger partial charge in [0.1, 0.15) is 11.1 Å². The molecule has 0 saturated heterocycles. The lowest BCUT2D eigenvalue weighted by molar-refractivity contribution is 0.592. The molecule has 0 aliphatic rings. The monoisotopic (exact) mass is 418 g/mol. The normalized spacial score (nSPS) is 12.0. The second-order valence-corrected chi connectivity index (χ2v) is 10.3. The van der Waals surface area contributed by atoms with Gasteiger partial charge in [-0.15, -0.1) is 0 Å². The third-order valence-electron chi connectivity index (χ3n) is 5.91. The molecule has 4 heteroatoms. The van der Waals surface area contributed by atoms with Crippen LogP contribution in [0.1, 0.15) is 0 Å². The van der Waals surface area contributed by atoms with Crippen LogP contribution in [0, 0.1) is 0 Å². The molecule has 6 aromatic rings. The van der Waals surface area contributed by atoms with Gasteiger partial charge in [0.2, 0.25) is 0 Å². The van der Waals surface area contributed by atoms with Gasteiger partial charge in [0.25, 0.3) is 0 Å². The Hall–Kier alpha value is -3.68. The highest BCUT2D eigenvalue weighted by Gasteiger charge is 2.33. The van der Waals surface area contributed by atoms with Crippen LogP contribution in [0.4, 0.5) is 0 Å². The Morgan fingerprint density at radius 1 is 0.581 bits per heavy atom. The molecule has 0 radical (unpaired) electrons. The number of imidazole rings is 1. The Morgan fingerprint density at radius 2 is 1.10 bits per heavy atom. The van der Waals surface area contributed by atoms with E-state index in [4.69, 9.17) is 4.98 Å². The Balaban J connectivity index is 1.82. The van der Waals surface area contributed by atoms with Crippen molar-refractivity contribution < 1.29 is 4.57 Å². The van der Waals surface area contributed by atoms with Gasteiger partial charge in [-0.3, -0.25) is 4.40 Å². The quantitative estimate of drug-likeness (QED) is 0.289. The lowest BCUT2D eigenvalue weighted by Crippen LogP contribution is -2.27. The zero-order valence-electron chi connectivity index (χ0n) is 16.7. The van der Waals surface area contributed by atoms with Crippen molar-refractivity contribution in [3.63, 3.8) is 0 Å². The summed E-state index contributed by atoms with van der Waals surface area (Å²) >= 11 is 0. The standard InChI is InChI=1S/C27H19N2OP/c30-31(20-11-3-1-4-12-20,21-13-5-2-6-14-21)26-19-28-27-24-17-8-7-15-22(24)23-16-9-10-18-25(23)29(26)27/h1-19H. The Labute approximate surface area is 180 Å². The first kappa shape index (κ1) is 18.1. The second-order valence-electron chi connectivity index (χ2n) is 7.62. The van der Waals surface area contributed by atoms with Crippen molar-refractivity contribution in [2.24, 2.45) is 0 Å². The van der Waals surface area contributed by atoms with E-state index in [-0.39, 0.29) is 0 Å². The average molecular weight is 418 g/mol. The zero-order valence-corrected chi connectivity index (χ0v) is 17.6. The zero-order chi connectivity index (χ0) is 20.8. The number of nitrogens with zero attached hydrogens (tertiary/aromatic N) is 2. The second kappa shape index (κ2) is 6.94. The minimum absolute atomic E-state index is 0.724. The van der Waals surface area contributed by atoms with Gasteiger partial charge in [-0.2, -0.15) is 0 Å². The molecule has 148 valence electrons. The summed E-state index contributed by atoms with van der Waals surface area (Å²) in [7, 11) is -3.16. The van der Waals surface area contributed by atoms with Gasteiger partial charge in [-0.25, -0.2) is 4.98 Å². The van der Waals surface area contributed by atoms with E-state index in [0.717, 1.165) is 43.4 Å². The number of hydrogen-bond donors (Lipinski definition) is 0. The van der Waals surface area contributed by atoms with Gasteiger partial charge in [-0.05, 0) is 11.5 Å². The van der Waals surface area contributed by atoms with Crippen molar-refractivity contribution in [1.82, 2.24) is 9.38 Å². The van der Waals surface area contributed by atoms with Crippen molar-refractivity contribution in [2.75, 3.05) is 0 Å². The van der Waals surface area contributed by atoms with Crippen LogP contribution < -0.4 is 16.0 Å². The van der Waals surface area contributed by atoms with Gasteiger partial charge in [0, 0.05) is 21.4 Å². The first-order valence-corrected chi connectivity index (χ1v) is 12.0. The van der Waals surface area contributed by atoms with Crippen LogP contribution in [-0.2, 0) is 4.57 Å². The van der Waals surface area contributed by atoms with E-state index in [2.05, 4.69) is 28.7 Å². The van der Waals surface area contributed by atoms with E-state index in [9.17, 15) is 0 Å². The molecule has 4 aromatic carbocycles. The molecule has 0 fully saturated rings. The van der Waals surface area contributed by atoms with E-state index in [1.165, 1.54) is 0 Å². The van der Waals surface area contributed by atoms with Crippen LogP contribution in [0.25, 0.3) is 27.3 Å². The number of fused-ring (bicyclic) bond motifs is 6. The molecule has 6 rings (SSSR count). The van der Waals surface area contributed by atoms with Crippen LogP contribution in [0.15, 0.2) is 115 Å². The molecule has 0 amide bonds. The molecule has 31 heavy (non-hydrogen) atoms. The number of aromatic nitrogens is 2. The first-order valence-electron chi connectivity index (χ1n) is 10.3. The van der Waals surface area contributed by atoms with E-state index in [1.807, 2.05) is 84.9 Å². The SMILES string of the molecule is O=P(c1ccccc1)(c1ccccc1)c1cnc2c3ccccc3c3ccccc3n12. The third kappa shape index (κ3) is 2.60. The molecule has 2 heterocycles. The lowest BCUT2D eigenvalue weighted by Gasteiger charge is -2.20. The van der Waals surface area contributed by atoms with Gasteiger partial charge in [-0.1, -0.05) is 103 Å². The summed E-state index contributed by atoms with van der Waals surface area (Å²) in [5.41, 5.74) is 2.56.